The van der Waals surface area contributed by atoms with Crippen molar-refractivity contribution < 1.29 is 4.79 Å². The first-order chi connectivity index (χ1) is 13.7. The van der Waals surface area contributed by atoms with Gasteiger partial charge in [0.2, 0.25) is 0 Å². The van der Waals surface area contributed by atoms with Crippen molar-refractivity contribution in [3.05, 3.63) is 84.7 Å². The third-order valence-electron chi connectivity index (χ3n) is 4.65. The maximum absolute atomic E-state index is 12.7. The molecule has 0 spiro atoms. The van der Waals surface area contributed by atoms with E-state index in [1.165, 1.54) is 0 Å². The van der Waals surface area contributed by atoms with Crippen molar-refractivity contribution in [1.82, 2.24) is 19.9 Å². The summed E-state index contributed by atoms with van der Waals surface area (Å²) in [6.07, 6.45) is 3.28. The summed E-state index contributed by atoms with van der Waals surface area (Å²) in [5.74, 6) is -0.172. The summed E-state index contributed by atoms with van der Waals surface area (Å²) < 4.78 is 1.71. The van der Waals surface area contributed by atoms with E-state index in [9.17, 15) is 4.79 Å². The highest BCUT2D eigenvalue weighted by molar-refractivity contribution is 5.99. The lowest BCUT2D eigenvalue weighted by molar-refractivity contribution is 0.0956. The number of carbonyl (C=O) groups is 1. The molecule has 6 nitrogen and oxygen atoms in total. The third-order valence-corrected chi connectivity index (χ3v) is 4.65. The molecule has 0 radical (unpaired) electrons. The van der Waals surface area contributed by atoms with Gasteiger partial charge in [-0.3, -0.25) is 4.79 Å². The molecule has 0 aliphatic carbocycles. The van der Waals surface area contributed by atoms with E-state index in [2.05, 4.69) is 20.3 Å². The van der Waals surface area contributed by atoms with E-state index in [4.69, 9.17) is 0 Å². The lowest BCUT2D eigenvalue weighted by Gasteiger charge is -2.19. The van der Waals surface area contributed by atoms with Gasteiger partial charge >= 0.3 is 0 Å². The van der Waals surface area contributed by atoms with Crippen molar-refractivity contribution in [3.63, 3.8) is 0 Å². The first-order valence-electron chi connectivity index (χ1n) is 9.16. The molecule has 2 heterocycles. The van der Waals surface area contributed by atoms with Crippen LogP contribution in [0, 0.1) is 0 Å². The van der Waals surface area contributed by atoms with Gasteiger partial charge in [-0.15, -0.1) is 0 Å². The number of anilines is 1. The average molecular weight is 371 g/mol. The molecule has 0 bridgehead atoms. The standard InChI is InChI=1S/C22H21N5O/c1-26(18-10-6-3-7-11-18)15-14-24-22(28)19-16-25-27-20(12-13-23-21(19)27)17-8-4-2-5-9-17/h2-13,16H,14-15H2,1H3,(H,24,28). The monoisotopic (exact) mass is 371 g/mol. The summed E-state index contributed by atoms with van der Waals surface area (Å²) >= 11 is 0. The van der Waals surface area contributed by atoms with Crippen LogP contribution in [0.15, 0.2) is 79.1 Å². The SMILES string of the molecule is CN(CCNC(=O)c1cnn2c(-c3ccccc3)ccnc12)c1ccccc1. The lowest BCUT2D eigenvalue weighted by Crippen LogP contribution is -2.33. The minimum Gasteiger partial charge on any atom is -0.373 e. The van der Waals surface area contributed by atoms with E-state index in [1.54, 1.807) is 16.9 Å². The molecule has 4 rings (SSSR count). The van der Waals surface area contributed by atoms with Crippen LogP contribution in [-0.2, 0) is 0 Å². The van der Waals surface area contributed by atoms with E-state index < -0.39 is 0 Å². The Bertz CT molecular complexity index is 1080. The predicted molar refractivity (Wildman–Crippen MR) is 110 cm³/mol. The number of fused-ring (bicyclic) bond motifs is 1. The van der Waals surface area contributed by atoms with Gasteiger partial charge < -0.3 is 10.2 Å². The fourth-order valence-electron chi connectivity index (χ4n) is 3.12. The fraction of sp³-hybridized carbons (Fsp3) is 0.136. The van der Waals surface area contributed by atoms with Crippen molar-refractivity contribution in [2.24, 2.45) is 0 Å². The molecule has 0 saturated heterocycles. The molecular weight excluding hydrogens is 350 g/mol. The first kappa shape index (κ1) is 17.7. The molecule has 0 atom stereocenters. The second kappa shape index (κ2) is 7.92. The van der Waals surface area contributed by atoms with Crippen molar-refractivity contribution in [1.29, 1.82) is 0 Å². The largest absolute Gasteiger partial charge is 0.373 e. The summed E-state index contributed by atoms with van der Waals surface area (Å²) in [6, 6.07) is 21.9. The van der Waals surface area contributed by atoms with Crippen LogP contribution in [0.4, 0.5) is 5.69 Å². The van der Waals surface area contributed by atoms with Gasteiger partial charge in [-0.2, -0.15) is 5.10 Å². The highest BCUT2D eigenvalue weighted by Crippen LogP contribution is 2.20. The van der Waals surface area contributed by atoms with Crippen LogP contribution < -0.4 is 10.2 Å². The summed E-state index contributed by atoms with van der Waals surface area (Å²) in [7, 11) is 2.00. The molecule has 0 aliphatic rings. The number of rotatable bonds is 6. The molecule has 1 amide bonds. The molecule has 2 aromatic heterocycles. The van der Waals surface area contributed by atoms with Gasteiger partial charge in [-0.05, 0) is 18.2 Å². The number of amides is 1. The van der Waals surface area contributed by atoms with E-state index in [1.807, 2.05) is 73.8 Å². The van der Waals surface area contributed by atoms with Gasteiger partial charge in [0.15, 0.2) is 5.65 Å². The molecule has 140 valence electrons. The number of nitrogens with zero attached hydrogens (tertiary/aromatic N) is 4. The second-order valence-electron chi connectivity index (χ2n) is 6.50. The van der Waals surface area contributed by atoms with Gasteiger partial charge in [0, 0.05) is 37.6 Å². The Hall–Kier alpha value is -3.67. The van der Waals surface area contributed by atoms with E-state index in [-0.39, 0.29) is 5.91 Å². The van der Waals surface area contributed by atoms with Crippen LogP contribution in [0.3, 0.4) is 0 Å². The second-order valence-corrected chi connectivity index (χ2v) is 6.50. The van der Waals surface area contributed by atoms with Crippen LogP contribution in [0.25, 0.3) is 16.9 Å². The Morgan fingerprint density at radius 3 is 2.50 bits per heavy atom. The van der Waals surface area contributed by atoms with Crippen molar-refractivity contribution in [2.45, 2.75) is 0 Å². The number of hydrogen-bond acceptors (Lipinski definition) is 4. The Morgan fingerprint density at radius 1 is 1.04 bits per heavy atom. The molecule has 0 aliphatic heterocycles. The van der Waals surface area contributed by atoms with Gasteiger partial charge in [0.25, 0.3) is 5.91 Å². The Labute approximate surface area is 163 Å². The summed E-state index contributed by atoms with van der Waals surface area (Å²) in [5, 5.41) is 7.35. The normalized spacial score (nSPS) is 10.8. The van der Waals surface area contributed by atoms with Gasteiger partial charge in [-0.25, -0.2) is 9.50 Å². The molecular formula is C22H21N5O. The van der Waals surface area contributed by atoms with E-state index in [0.29, 0.717) is 24.3 Å². The molecule has 2 aromatic carbocycles. The number of carbonyl (C=O) groups excluding carboxylic acids is 1. The quantitative estimate of drug-likeness (QED) is 0.565. The molecule has 28 heavy (non-hydrogen) atoms. The number of benzene rings is 2. The maximum Gasteiger partial charge on any atom is 0.256 e. The van der Waals surface area contributed by atoms with Gasteiger partial charge in [0.05, 0.1) is 11.9 Å². The Balaban J connectivity index is 1.48. The number of nitrogens with one attached hydrogen (secondary N) is 1. The van der Waals surface area contributed by atoms with Crippen molar-refractivity contribution in [2.75, 3.05) is 25.0 Å². The maximum atomic E-state index is 12.7. The van der Waals surface area contributed by atoms with Crippen LogP contribution in [0.5, 0.6) is 0 Å². The zero-order chi connectivity index (χ0) is 19.3. The smallest absolute Gasteiger partial charge is 0.256 e. The van der Waals surface area contributed by atoms with E-state index >= 15 is 0 Å². The highest BCUT2D eigenvalue weighted by atomic mass is 16.1. The highest BCUT2D eigenvalue weighted by Gasteiger charge is 2.16. The zero-order valence-electron chi connectivity index (χ0n) is 15.6. The minimum absolute atomic E-state index is 0.172. The van der Waals surface area contributed by atoms with Gasteiger partial charge in [0.1, 0.15) is 5.56 Å². The summed E-state index contributed by atoms with van der Waals surface area (Å²) in [5.41, 5.74) is 4.06. The van der Waals surface area contributed by atoms with Crippen LogP contribution >= 0.6 is 0 Å². The first-order valence-corrected chi connectivity index (χ1v) is 9.16. The summed E-state index contributed by atoms with van der Waals surface area (Å²) in [4.78, 5) is 19.1. The Kier molecular flexibility index (Phi) is 5.01. The molecule has 0 saturated carbocycles. The summed E-state index contributed by atoms with van der Waals surface area (Å²) in [6.45, 7) is 1.23. The zero-order valence-corrected chi connectivity index (χ0v) is 15.6. The minimum atomic E-state index is -0.172. The fourth-order valence-corrected chi connectivity index (χ4v) is 3.12. The lowest BCUT2D eigenvalue weighted by atomic mass is 10.1. The van der Waals surface area contributed by atoms with Crippen molar-refractivity contribution >= 4 is 17.2 Å². The molecule has 0 unspecified atom stereocenters. The molecule has 6 heteroatoms. The third kappa shape index (κ3) is 3.57. The predicted octanol–water partition coefficient (Wildman–Crippen LogP) is 3.26. The number of likely N-dealkylation sites (N-methyl/N-ethyl adjacent to an activating group) is 1. The van der Waals surface area contributed by atoms with Crippen LogP contribution in [0.2, 0.25) is 0 Å². The number of para-hydroxylation sites is 1. The Morgan fingerprint density at radius 2 is 1.75 bits per heavy atom. The van der Waals surface area contributed by atoms with E-state index in [0.717, 1.165) is 16.9 Å². The molecule has 0 fully saturated rings. The molecule has 1 N–H and O–H groups in total. The topological polar surface area (TPSA) is 62.5 Å². The number of aromatic nitrogens is 3. The average Bonchev–Trinajstić information content (AvgIpc) is 3.19. The van der Waals surface area contributed by atoms with Gasteiger partial charge in [-0.1, -0.05) is 48.5 Å². The number of hydrogen-bond donors (Lipinski definition) is 1. The van der Waals surface area contributed by atoms with Crippen molar-refractivity contribution in [3.8, 4) is 11.3 Å². The van der Waals surface area contributed by atoms with Crippen LogP contribution in [0.1, 0.15) is 10.4 Å². The molecule has 4 aromatic rings. The van der Waals surface area contributed by atoms with Crippen LogP contribution in [-0.4, -0.2) is 40.6 Å².